The Morgan fingerprint density at radius 1 is 1.48 bits per heavy atom. The van der Waals surface area contributed by atoms with Crippen LogP contribution in [0.15, 0.2) is 24.3 Å². The van der Waals surface area contributed by atoms with Crippen LogP contribution in [0.25, 0.3) is 0 Å². The van der Waals surface area contributed by atoms with E-state index >= 15 is 0 Å². The highest BCUT2D eigenvalue weighted by Gasteiger charge is 2.31. The van der Waals surface area contributed by atoms with E-state index in [0.717, 1.165) is 12.1 Å². The van der Waals surface area contributed by atoms with Gasteiger partial charge < -0.3 is 15.4 Å². The monoisotopic (exact) mass is 300 g/mol. The van der Waals surface area contributed by atoms with Gasteiger partial charge in [0.05, 0.1) is 24.8 Å². The van der Waals surface area contributed by atoms with Crippen molar-refractivity contribution in [1.82, 2.24) is 10.6 Å². The van der Waals surface area contributed by atoms with Crippen LogP contribution in [0.1, 0.15) is 17.2 Å². The summed E-state index contributed by atoms with van der Waals surface area (Å²) in [5.41, 5.74) is -0.491. The summed E-state index contributed by atoms with van der Waals surface area (Å²) in [6.07, 6.45) is 0.558. The first-order valence-electron chi connectivity index (χ1n) is 6.02. The smallest absolute Gasteiger partial charge is 0.382 e. The highest BCUT2D eigenvalue weighted by molar-refractivity contribution is 5.74. The van der Waals surface area contributed by atoms with Gasteiger partial charge in [0.25, 0.3) is 0 Å². The molecular formula is C14H15F3N2O2. The number of amides is 2. The molecule has 1 aromatic carbocycles. The summed E-state index contributed by atoms with van der Waals surface area (Å²) in [6, 6.07) is 3.42. The van der Waals surface area contributed by atoms with Gasteiger partial charge in [-0.2, -0.15) is 13.2 Å². The van der Waals surface area contributed by atoms with Gasteiger partial charge >= 0.3 is 12.2 Å². The van der Waals surface area contributed by atoms with Crippen LogP contribution < -0.4 is 10.6 Å². The Bertz CT molecular complexity index is 524. The molecule has 2 N–H and O–H groups in total. The molecule has 0 bridgehead atoms. The van der Waals surface area contributed by atoms with Crippen molar-refractivity contribution in [3.8, 4) is 12.3 Å². The van der Waals surface area contributed by atoms with Crippen molar-refractivity contribution < 1.29 is 22.7 Å². The minimum Gasteiger partial charge on any atom is -0.382 e. The van der Waals surface area contributed by atoms with Gasteiger partial charge in [0, 0.05) is 7.11 Å². The van der Waals surface area contributed by atoms with Crippen LogP contribution in [0.4, 0.5) is 18.0 Å². The summed E-state index contributed by atoms with van der Waals surface area (Å²) in [5.74, 6) is 2.22. The van der Waals surface area contributed by atoms with Gasteiger partial charge in [-0.05, 0) is 17.7 Å². The van der Waals surface area contributed by atoms with Crippen molar-refractivity contribution in [2.24, 2.45) is 0 Å². The fourth-order valence-electron chi connectivity index (χ4n) is 1.66. The number of alkyl halides is 3. The topological polar surface area (TPSA) is 50.4 Å². The highest BCUT2D eigenvalue weighted by Crippen LogP contribution is 2.30. The second kappa shape index (κ2) is 7.55. The molecule has 0 fully saturated rings. The van der Waals surface area contributed by atoms with E-state index in [1.54, 1.807) is 0 Å². The van der Waals surface area contributed by atoms with Crippen LogP contribution in [0, 0.1) is 12.3 Å². The molecule has 0 aromatic heterocycles. The van der Waals surface area contributed by atoms with Crippen molar-refractivity contribution >= 4 is 6.03 Å². The van der Waals surface area contributed by atoms with Crippen LogP contribution in [0.5, 0.6) is 0 Å². The first-order chi connectivity index (χ1) is 9.88. The van der Waals surface area contributed by atoms with Crippen LogP contribution in [0.2, 0.25) is 0 Å². The molecule has 1 atom stereocenters. The van der Waals surface area contributed by atoms with Crippen molar-refractivity contribution in [3.05, 3.63) is 35.4 Å². The minimum absolute atomic E-state index is 0.0220. The Morgan fingerprint density at radius 2 is 2.19 bits per heavy atom. The summed E-state index contributed by atoms with van der Waals surface area (Å²) in [7, 11) is 1.39. The van der Waals surface area contributed by atoms with Gasteiger partial charge in [-0.1, -0.05) is 18.1 Å². The summed E-state index contributed by atoms with van der Waals surface area (Å²) >= 11 is 0. The Balaban J connectivity index is 2.90. The van der Waals surface area contributed by atoms with E-state index < -0.39 is 23.8 Å². The number of terminal acetylenes is 1. The van der Waals surface area contributed by atoms with Gasteiger partial charge in [-0.25, -0.2) is 4.79 Å². The fourth-order valence-corrected chi connectivity index (χ4v) is 1.66. The van der Waals surface area contributed by atoms with E-state index in [9.17, 15) is 18.0 Å². The largest absolute Gasteiger partial charge is 0.416 e. The number of carbonyl (C=O) groups is 1. The number of carbonyl (C=O) groups excluding carboxylic acids is 1. The second-order valence-corrected chi connectivity index (χ2v) is 4.16. The third-order valence-electron chi connectivity index (χ3n) is 2.61. The van der Waals surface area contributed by atoms with Gasteiger partial charge in [-0.3, -0.25) is 0 Å². The number of benzene rings is 1. The van der Waals surface area contributed by atoms with Gasteiger partial charge in [0.2, 0.25) is 0 Å². The lowest BCUT2D eigenvalue weighted by Crippen LogP contribution is -2.39. The summed E-state index contributed by atoms with van der Waals surface area (Å²) in [5, 5.41) is 4.88. The van der Waals surface area contributed by atoms with Crippen LogP contribution in [-0.4, -0.2) is 26.3 Å². The minimum atomic E-state index is -4.45. The molecule has 2 amide bonds. The Kier molecular flexibility index (Phi) is 6.06. The molecule has 114 valence electrons. The van der Waals surface area contributed by atoms with E-state index in [1.165, 1.54) is 19.2 Å². The molecule has 0 saturated heterocycles. The number of nitrogens with one attached hydrogen (secondary N) is 2. The molecule has 0 spiro atoms. The SMILES string of the molecule is C#CCNC(=O)NC(COC)c1cccc(C(F)(F)F)c1. The average Bonchev–Trinajstić information content (AvgIpc) is 2.44. The molecule has 0 saturated carbocycles. The number of hydrogen-bond acceptors (Lipinski definition) is 2. The molecule has 7 heteroatoms. The van der Waals surface area contributed by atoms with E-state index in [2.05, 4.69) is 16.6 Å². The number of halogens is 3. The van der Waals surface area contributed by atoms with Gasteiger partial charge in [0.15, 0.2) is 0 Å². The molecule has 4 nitrogen and oxygen atoms in total. The summed E-state index contributed by atoms with van der Waals surface area (Å²) < 4.78 is 43.0. The number of methoxy groups -OCH3 is 1. The first-order valence-corrected chi connectivity index (χ1v) is 6.02. The predicted octanol–water partition coefficient (Wildman–Crippen LogP) is 2.33. The van der Waals surface area contributed by atoms with Crippen molar-refractivity contribution in [2.75, 3.05) is 20.3 Å². The maximum absolute atomic E-state index is 12.7. The maximum Gasteiger partial charge on any atom is 0.416 e. The van der Waals surface area contributed by atoms with Crippen LogP contribution >= 0.6 is 0 Å². The zero-order valence-corrected chi connectivity index (χ0v) is 11.3. The Labute approximate surface area is 120 Å². The molecule has 0 aliphatic carbocycles. The van der Waals surface area contributed by atoms with E-state index in [4.69, 9.17) is 11.2 Å². The van der Waals surface area contributed by atoms with Gasteiger partial charge in [-0.15, -0.1) is 6.42 Å². The normalized spacial score (nSPS) is 12.3. The molecular weight excluding hydrogens is 285 g/mol. The standard InChI is InChI=1S/C14H15F3N2O2/c1-3-7-18-13(20)19-12(9-21-2)10-5-4-6-11(8-10)14(15,16)17/h1,4-6,8,12H,7,9H2,2H3,(H2,18,19,20). The maximum atomic E-state index is 12.7. The quantitative estimate of drug-likeness (QED) is 0.820. The summed E-state index contributed by atoms with van der Waals surface area (Å²) in [6.45, 7) is 0.0545. The predicted molar refractivity (Wildman–Crippen MR) is 71.4 cm³/mol. The molecule has 0 radical (unpaired) electrons. The zero-order valence-electron chi connectivity index (χ0n) is 11.3. The first kappa shape index (κ1) is 16.9. The van der Waals surface area contributed by atoms with Crippen LogP contribution in [0.3, 0.4) is 0 Å². The molecule has 1 aromatic rings. The highest BCUT2D eigenvalue weighted by atomic mass is 19.4. The Hall–Kier alpha value is -2.20. The lowest BCUT2D eigenvalue weighted by atomic mass is 10.0. The number of urea groups is 1. The molecule has 21 heavy (non-hydrogen) atoms. The van der Waals surface area contributed by atoms with Crippen LogP contribution in [-0.2, 0) is 10.9 Å². The lowest BCUT2D eigenvalue weighted by Gasteiger charge is -2.19. The fraction of sp³-hybridized carbons (Fsp3) is 0.357. The van der Waals surface area contributed by atoms with Crippen molar-refractivity contribution in [1.29, 1.82) is 0 Å². The Morgan fingerprint density at radius 3 is 2.76 bits per heavy atom. The third-order valence-corrected chi connectivity index (χ3v) is 2.61. The van der Waals surface area contributed by atoms with E-state index in [-0.39, 0.29) is 13.2 Å². The molecule has 1 unspecified atom stereocenters. The number of hydrogen-bond donors (Lipinski definition) is 2. The molecule has 0 heterocycles. The summed E-state index contributed by atoms with van der Waals surface area (Å²) in [4.78, 5) is 11.5. The number of rotatable bonds is 5. The second-order valence-electron chi connectivity index (χ2n) is 4.16. The van der Waals surface area contributed by atoms with E-state index in [1.807, 2.05) is 0 Å². The van der Waals surface area contributed by atoms with Gasteiger partial charge in [0.1, 0.15) is 0 Å². The van der Waals surface area contributed by atoms with E-state index in [0.29, 0.717) is 5.56 Å². The number of ether oxygens (including phenoxy) is 1. The van der Waals surface area contributed by atoms with Crippen molar-refractivity contribution in [3.63, 3.8) is 0 Å². The third kappa shape index (κ3) is 5.36. The zero-order chi connectivity index (χ0) is 15.9. The lowest BCUT2D eigenvalue weighted by molar-refractivity contribution is -0.137. The molecule has 0 aliphatic rings. The molecule has 1 rings (SSSR count). The molecule has 0 aliphatic heterocycles. The van der Waals surface area contributed by atoms with Crippen molar-refractivity contribution in [2.45, 2.75) is 12.2 Å². The average molecular weight is 300 g/mol.